The van der Waals surface area contributed by atoms with Crippen molar-refractivity contribution in [2.24, 2.45) is 0 Å². The van der Waals surface area contributed by atoms with Crippen LogP contribution in [0.15, 0.2) is 36.8 Å². The largest absolute Gasteiger partial charge is 0.461 e. The number of hydrogen-bond acceptors (Lipinski definition) is 3. The molecule has 20 heavy (non-hydrogen) atoms. The molecule has 0 fully saturated rings. The van der Waals surface area contributed by atoms with Crippen molar-refractivity contribution < 1.29 is 22.7 Å². The van der Waals surface area contributed by atoms with Crippen LogP contribution in [0.1, 0.15) is 21.6 Å². The fourth-order valence-electron chi connectivity index (χ4n) is 1.71. The summed E-state index contributed by atoms with van der Waals surface area (Å²) in [6, 6.07) is 5.21. The number of halogens is 3. The van der Waals surface area contributed by atoms with Crippen molar-refractivity contribution in [2.45, 2.75) is 12.6 Å². The Labute approximate surface area is 112 Å². The molecule has 0 atom stereocenters. The van der Waals surface area contributed by atoms with E-state index >= 15 is 0 Å². The molecule has 0 saturated heterocycles. The van der Waals surface area contributed by atoms with Gasteiger partial charge < -0.3 is 9.72 Å². The van der Waals surface area contributed by atoms with E-state index in [1.54, 1.807) is 0 Å². The summed E-state index contributed by atoms with van der Waals surface area (Å²) in [5.41, 5.74) is -0.455. The molecule has 1 heterocycles. The van der Waals surface area contributed by atoms with Gasteiger partial charge in [-0.1, -0.05) is 18.2 Å². The lowest BCUT2D eigenvalue weighted by Gasteiger charge is -2.12. The third kappa shape index (κ3) is 3.37. The van der Waals surface area contributed by atoms with E-state index in [-0.39, 0.29) is 24.3 Å². The Morgan fingerprint density at radius 1 is 1.30 bits per heavy atom. The van der Waals surface area contributed by atoms with Crippen LogP contribution in [0.25, 0.3) is 0 Å². The smallest absolute Gasteiger partial charge is 0.416 e. The van der Waals surface area contributed by atoms with E-state index in [0.29, 0.717) is 0 Å². The molecule has 106 valence electrons. The second-order valence-electron chi connectivity index (χ2n) is 4.01. The van der Waals surface area contributed by atoms with E-state index in [0.717, 1.165) is 6.07 Å². The SMILES string of the molecule is O=C(OCCc1ccccc1C(F)(F)F)c1cnc[nH]1. The number of ether oxygens (including phenoxy) is 1. The Hall–Kier alpha value is -2.31. The zero-order chi connectivity index (χ0) is 14.6. The van der Waals surface area contributed by atoms with Gasteiger partial charge in [0.1, 0.15) is 5.69 Å². The summed E-state index contributed by atoms with van der Waals surface area (Å²) < 4.78 is 43.1. The van der Waals surface area contributed by atoms with Crippen molar-refractivity contribution in [1.29, 1.82) is 0 Å². The van der Waals surface area contributed by atoms with Crippen LogP contribution >= 0.6 is 0 Å². The molecule has 0 aliphatic rings. The first kappa shape index (κ1) is 14.1. The van der Waals surface area contributed by atoms with Gasteiger partial charge in [-0.15, -0.1) is 0 Å². The zero-order valence-corrected chi connectivity index (χ0v) is 10.3. The number of esters is 1. The fourth-order valence-corrected chi connectivity index (χ4v) is 1.71. The lowest BCUT2D eigenvalue weighted by atomic mass is 10.0. The summed E-state index contributed by atoms with van der Waals surface area (Å²) in [6.07, 6.45) is -1.82. The molecule has 0 aliphatic carbocycles. The molecule has 0 amide bonds. The highest BCUT2D eigenvalue weighted by atomic mass is 19.4. The molecule has 1 N–H and O–H groups in total. The summed E-state index contributed by atoms with van der Waals surface area (Å²) in [5.74, 6) is -0.646. The molecular formula is C13H11F3N2O2. The molecule has 0 unspecified atom stereocenters. The van der Waals surface area contributed by atoms with Crippen molar-refractivity contribution in [2.75, 3.05) is 6.61 Å². The number of H-pyrrole nitrogens is 1. The minimum absolute atomic E-state index is 0.00440. The number of rotatable bonds is 4. The predicted octanol–water partition coefficient (Wildman–Crippen LogP) is 2.83. The zero-order valence-electron chi connectivity index (χ0n) is 10.3. The van der Waals surface area contributed by atoms with Crippen molar-refractivity contribution in [1.82, 2.24) is 9.97 Å². The Morgan fingerprint density at radius 3 is 2.70 bits per heavy atom. The van der Waals surface area contributed by atoms with E-state index in [2.05, 4.69) is 9.97 Å². The van der Waals surface area contributed by atoms with Gasteiger partial charge in [-0.05, 0) is 11.6 Å². The Morgan fingerprint density at radius 2 is 2.05 bits per heavy atom. The lowest BCUT2D eigenvalue weighted by Crippen LogP contribution is -2.13. The van der Waals surface area contributed by atoms with Gasteiger partial charge in [-0.3, -0.25) is 0 Å². The van der Waals surface area contributed by atoms with E-state index in [4.69, 9.17) is 4.74 Å². The average Bonchev–Trinajstić information content (AvgIpc) is 2.92. The van der Waals surface area contributed by atoms with Gasteiger partial charge in [0, 0.05) is 6.42 Å². The minimum Gasteiger partial charge on any atom is -0.461 e. The second kappa shape index (κ2) is 5.77. The van der Waals surface area contributed by atoms with E-state index < -0.39 is 17.7 Å². The summed E-state index contributed by atoms with van der Waals surface area (Å²) >= 11 is 0. The molecule has 4 nitrogen and oxygen atoms in total. The third-order valence-electron chi connectivity index (χ3n) is 2.65. The van der Waals surface area contributed by atoms with Gasteiger partial charge in [-0.2, -0.15) is 13.2 Å². The van der Waals surface area contributed by atoms with Crippen LogP contribution in [0.5, 0.6) is 0 Å². The highest BCUT2D eigenvalue weighted by molar-refractivity contribution is 5.86. The van der Waals surface area contributed by atoms with E-state index in [1.165, 1.54) is 30.7 Å². The molecule has 2 aromatic rings. The Kier molecular flexibility index (Phi) is 4.07. The highest BCUT2D eigenvalue weighted by Crippen LogP contribution is 2.31. The first-order valence-electron chi connectivity index (χ1n) is 5.79. The molecule has 0 spiro atoms. The van der Waals surface area contributed by atoms with Gasteiger partial charge in [-0.25, -0.2) is 9.78 Å². The number of aromatic amines is 1. The highest BCUT2D eigenvalue weighted by Gasteiger charge is 2.32. The lowest BCUT2D eigenvalue weighted by molar-refractivity contribution is -0.138. The third-order valence-corrected chi connectivity index (χ3v) is 2.65. The van der Waals surface area contributed by atoms with Crippen molar-refractivity contribution in [3.8, 4) is 0 Å². The predicted molar refractivity (Wildman–Crippen MR) is 64.0 cm³/mol. The average molecular weight is 284 g/mol. The van der Waals surface area contributed by atoms with Gasteiger partial charge in [0.05, 0.1) is 24.7 Å². The second-order valence-corrected chi connectivity index (χ2v) is 4.01. The number of nitrogens with zero attached hydrogens (tertiary/aromatic N) is 1. The van der Waals surface area contributed by atoms with Crippen molar-refractivity contribution in [3.05, 3.63) is 53.6 Å². The molecule has 0 aliphatic heterocycles. The number of carbonyl (C=O) groups is 1. The van der Waals surface area contributed by atoms with Crippen LogP contribution in [-0.4, -0.2) is 22.5 Å². The number of benzene rings is 1. The van der Waals surface area contributed by atoms with Crippen LogP contribution in [0, 0.1) is 0 Å². The van der Waals surface area contributed by atoms with Crippen LogP contribution < -0.4 is 0 Å². The number of alkyl halides is 3. The number of imidazole rings is 1. The van der Waals surface area contributed by atoms with Crippen LogP contribution in [0.3, 0.4) is 0 Å². The first-order chi connectivity index (χ1) is 9.48. The van der Waals surface area contributed by atoms with Crippen LogP contribution in [0.2, 0.25) is 0 Å². The number of nitrogens with one attached hydrogen (secondary N) is 1. The maximum Gasteiger partial charge on any atom is 0.416 e. The quantitative estimate of drug-likeness (QED) is 0.878. The fraction of sp³-hybridized carbons (Fsp3) is 0.231. The molecule has 1 aromatic carbocycles. The van der Waals surface area contributed by atoms with Crippen LogP contribution in [0.4, 0.5) is 13.2 Å². The van der Waals surface area contributed by atoms with Gasteiger partial charge in [0.15, 0.2) is 0 Å². The number of carbonyl (C=O) groups excluding carboxylic acids is 1. The summed E-state index contributed by atoms with van der Waals surface area (Å²) in [7, 11) is 0. The maximum atomic E-state index is 12.7. The molecule has 7 heteroatoms. The molecule has 0 saturated carbocycles. The van der Waals surface area contributed by atoms with Gasteiger partial charge >= 0.3 is 12.1 Å². The minimum atomic E-state index is -4.41. The Balaban J connectivity index is 1.97. The topological polar surface area (TPSA) is 55.0 Å². The number of aromatic nitrogens is 2. The van der Waals surface area contributed by atoms with Crippen molar-refractivity contribution in [3.63, 3.8) is 0 Å². The molecule has 0 radical (unpaired) electrons. The van der Waals surface area contributed by atoms with Crippen molar-refractivity contribution >= 4 is 5.97 Å². The van der Waals surface area contributed by atoms with Crippen LogP contribution in [-0.2, 0) is 17.3 Å². The molecule has 0 bridgehead atoms. The van der Waals surface area contributed by atoms with Gasteiger partial charge in [0.2, 0.25) is 0 Å². The maximum absolute atomic E-state index is 12.7. The normalized spacial score (nSPS) is 11.3. The summed E-state index contributed by atoms with van der Waals surface area (Å²) in [4.78, 5) is 17.7. The first-order valence-corrected chi connectivity index (χ1v) is 5.79. The number of hydrogen-bond donors (Lipinski definition) is 1. The van der Waals surface area contributed by atoms with Gasteiger partial charge in [0.25, 0.3) is 0 Å². The summed E-state index contributed by atoms with van der Waals surface area (Å²) in [5, 5.41) is 0. The molecule has 1 aromatic heterocycles. The van der Waals surface area contributed by atoms with E-state index in [1.807, 2.05) is 0 Å². The monoisotopic (exact) mass is 284 g/mol. The van der Waals surface area contributed by atoms with E-state index in [9.17, 15) is 18.0 Å². The summed E-state index contributed by atoms with van der Waals surface area (Å²) in [6.45, 7) is -0.134. The molecule has 2 rings (SSSR count). The molecular weight excluding hydrogens is 273 g/mol. The standard InChI is InChI=1S/C13H11F3N2O2/c14-13(15,16)10-4-2-1-3-9(10)5-6-20-12(19)11-7-17-8-18-11/h1-4,7-8H,5-6H2,(H,17,18). The Bertz CT molecular complexity index is 580.